The largest absolute Gasteiger partial charge is 0.496 e. The number of benzene rings is 1. The maximum Gasteiger partial charge on any atom is 0.359 e. The molecule has 0 bridgehead atoms. The van der Waals surface area contributed by atoms with Crippen molar-refractivity contribution in [1.29, 1.82) is 0 Å². The number of nitrogens with zero attached hydrogens (tertiary/aromatic N) is 3. The number of imidazole rings is 1. The zero-order chi connectivity index (χ0) is 23.6. The molecule has 1 N–H and O–H groups in total. The lowest BCUT2D eigenvalue weighted by molar-refractivity contribution is -0.134. The Hall–Kier alpha value is -3.36. The van der Waals surface area contributed by atoms with Gasteiger partial charge in [0.15, 0.2) is 5.69 Å². The number of para-hydroxylation sites is 1. The van der Waals surface area contributed by atoms with E-state index in [1.165, 1.54) is 24.8 Å². The van der Waals surface area contributed by atoms with Crippen molar-refractivity contribution < 1.29 is 23.9 Å². The smallest absolute Gasteiger partial charge is 0.359 e. The summed E-state index contributed by atoms with van der Waals surface area (Å²) in [5.74, 6) is -0.736. The van der Waals surface area contributed by atoms with Crippen LogP contribution in [0.2, 0.25) is 0 Å². The molecule has 1 aliphatic heterocycles. The van der Waals surface area contributed by atoms with Gasteiger partial charge in [-0.2, -0.15) is 0 Å². The number of hydrogen-bond donors (Lipinski definition) is 1. The van der Waals surface area contributed by atoms with Gasteiger partial charge < -0.3 is 24.3 Å². The SMILES string of the molecule is COC(=O)c1ncn2c1C(=O)N(Cc1ccccc1OC)C(C)(C(=O)NC1CCCCC1)C2. The minimum absolute atomic E-state index is 0.0535. The van der Waals surface area contributed by atoms with E-state index < -0.39 is 17.4 Å². The standard InChI is InChI=1S/C24H30N4O5/c1-24(23(31)26-17-10-5-4-6-11-17)14-27-15-25-19(22(30)33-3)20(27)21(29)28(24)13-16-9-7-8-12-18(16)32-2/h7-9,12,15,17H,4-6,10-11,13-14H2,1-3H3,(H,26,31). The lowest BCUT2D eigenvalue weighted by Gasteiger charge is -2.44. The molecule has 2 aliphatic rings. The van der Waals surface area contributed by atoms with E-state index in [2.05, 4.69) is 10.3 Å². The molecule has 0 spiro atoms. The summed E-state index contributed by atoms with van der Waals surface area (Å²) in [7, 11) is 2.81. The molecule has 176 valence electrons. The number of fused-ring (bicyclic) bond motifs is 1. The number of esters is 1. The third-order valence-electron chi connectivity index (χ3n) is 6.69. The van der Waals surface area contributed by atoms with Crippen LogP contribution in [0.15, 0.2) is 30.6 Å². The van der Waals surface area contributed by atoms with E-state index in [-0.39, 0.29) is 36.4 Å². The molecule has 1 aliphatic carbocycles. The van der Waals surface area contributed by atoms with Crippen molar-refractivity contribution in [3.05, 3.63) is 47.5 Å². The van der Waals surface area contributed by atoms with Gasteiger partial charge in [-0.1, -0.05) is 37.5 Å². The van der Waals surface area contributed by atoms with Gasteiger partial charge in [-0.05, 0) is 25.8 Å². The highest BCUT2D eigenvalue weighted by Gasteiger charge is 2.49. The van der Waals surface area contributed by atoms with Gasteiger partial charge in [0.25, 0.3) is 5.91 Å². The lowest BCUT2D eigenvalue weighted by Crippen LogP contribution is -2.64. The van der Waals surface area contributed by atoms with E-state index in [1.54, 1.807) is 18.6 Å². The van der Waals surface area contributed by atoms with Crippen LogP contribution < -0.4 is 10.1 Å². The highest BCUT2D eigenvalue weighted by Crippen LogP contribution is 2.33. The van der Waals surface area contributed by atoms with Crippen molar-refractivity contribution in [3.8, 4) is 5.75 Å². The Morgan fingerprint density at radius 3 is 2.61 bits per heavy atom. The molecule has 0 saturated heterocycles. The predicted molar refractivity (Wildman–Crippen MR) is 120 cm³/mol. The molecule has 1 atom stereocenters. The summed E-state index contributed by atoms with van der Waals surface area (Å²) in [6.45, 7) is 2.08. The highest BCUT2D eigenvalue weighted by atomic mass is 16.5. The minimum atomic E-state index is -1.18. The number of hydrogen-bond acceptors (Lipinski definition) is 6. The van der Waals surface area contributed by atoms with Crippen LogP contribution in [0, 0.1) is 0 Å². The Labute approximate surface area is 193 Å². The number of ether oxygens (including phenoxy) is 2. The molecule has 1 unspecified atom stereocenters. The number of aromatic nitrogens is 2. The Bertz CT molecular complexity index is 1060. The number of methoxy groups -OCH3 is 2. The summed E-state index contributed by atoms with van der Waals surface area (Å²) < 4.78 is 11.9. The molecule has 2 heterocycles. The Kier molecular flexibility index (Phi) is 6.40. The highest BCUT2D eigenvalue weighted by molar-refractivity contribution is 6.06. The van der Waals surface area contributed by atoms with Crippen LogP contribution in [0.4, 0.5) is 0 Å². The van der Waals surface area contributed by atoms with Gasteiger partial charge in [0, 0.05) is 11.6 Å². The second-order valence-electron chi connectivity index (χ2n) is 8.85. The zero-order valence-corrected chi connectivity index (χ0v) is 19.3. The monoisotopic (exact) mass is 454 g/mol. The maximum absolute atomic E-state index is 13.8. The first-order valence-electron chi connectivity index (χ1n) is 11.3. The van der Waals surface area contributed by atoms with Crippen molar-refractivity contribution in [2.24, 2.45) is 0 Å². The second-order valence-corrected chi connectivity index (χ2v) is 8.85. The third kappa shape index (κ3) is 4.19. The Balaban J connectivity index is 1.73. The first-order chi connectivity index (χ1) is 15.9. The normalized spacial score (nSPS) is 20.8. The molecule has 1 saturated carbocycles. The predicted octanol–water partition coefficient (Wildman–Crippen LogP) is 2.54. The number of rotatable bonds is 6. The molecule has 0 radical (unpaired) electrons. The summed E-state index contributed by atoms with van der Waals surface area (Å²) in [6.07, 6.45) is 6.64. The van der Waals surface area contributed by atoms with Gasteiger partial charge in [-0.25, -0.2) is 9.78 Å². The topological polar surface area (TPSA) is 103 Å². The van der Waals surface area contributed by atoms with Crippen molar-refractivity contribution >= 4 is 17.8 Å². The summed E-state index contributed by atoms with van der Waals surface area (Å²) in [5, 5.41) is 3.18. The van der Waals surface area contributed by atoms with Crippen LogP contribution in [-0.2, 0) is 22.6 Å². The lowest BCUT2D eigenvalue weighted by atomic mass is 9.90. The van der Waals surface area contributed by atoms with E-state index in [4.69, 9.17) is 9.47 Å². The summed E-state index contributed by atoms with van der Waals surface area (Å²) >= 11 is 0. The first kappa shape index (κ1) is 22.8. The number of carbonyl (C=O) groups excluding carboxylic acids is 3. The van der Waals surface area contributed by atoms with Gasteiger partial charge >= 0.3 is 5.97 Å². The van der Waals surface area contributed by atoms with Crippen LogP contribution in [0.3, 0.4) is 0 Å². The minimum Gasteiger partial charge on any atom is -0.496 e. The summed E-state index contributed by atoms with van der Waals surface area (Å²) in [5.41, 5.74) is -0.351. The number of nitrogens with one attached hydrogen (secondary N) is 1. The maximum atomic E-state index is 13.8. The summed E-state index contributed by atoms with van der Waals surface area (Å²) in [6, 6.07) is 7.47. The van der Waals surface area contributed by atoms with Gasteiger partial charge in [0.1, 0.15) is 17.0 Å². The second kappa shape index (κ2) is 9.25. The van der Waals surface area contributed by atoms with Crippen LogP contribution in [0.1, 0.15) is 65.6 Å². The van der Waals surface area contributed by atoms with Gasteiger partial charge in [-0.15, -0.1) is 0 Å². The van der Waals surface area contributed by atoms with Crippen molar-refractivity contribution in [3.63, 3.8) is 0 Å². The van der Waals surface area contributed by atoms with Crippen LogP contribution in [0.5, 0.6) is 5.75 Å². The van der Waals surface area contributed by atoms with E-state index in [0.717, 1.165) is 31.2 Å². The molecular weight excluding hydrogens is 424 g/mol. The van der Waals surface area contributed by atoms with Crippen molar-refractivity contribution in [1.82, 2.24) is 19.8 Å². The molecule has 9 heteroatoms. The van der Waals surface area contributed by atoms with Crippen molar-refractivity contribution in [2.45, 2.75) is 63.7 Å². The average molecular weight is 455 g/mol. The van der Waals surface area contributed by atoms with Gasteiger partial charge in [0.05, 0.1) is 33.6 Å². The first-order valence-corrected chi connectivity index (χ1v) is 11.3. The quantitative estimate of drug-likeness (QED) is 0.673. The van der Waals surface area contributed by atoms with Crippen LogP contribution in [-0.4, -0.2) is 58.0 Å². The molecule has 9 nitrogen and oxygen atoms in total. The van der Waals surface area contributed by atoms with Crippen LogP contribution in [0.25, 0.3) is 0 Å². The van der Waals surface area contributed by atoms with E-state index in [9.17, 15) is 14.4 Å². The number of amides is 2. The van der Waals surface area contributed by atoms with Crippen LogP contribution >= 0.6 is 0 Å². The Morgan fingerprint density at radius 2 is 1.91 bits per heavy atom. The molecule has 4 rings (SSSR count). The molecule has 1 aromatic carbocycles. The molecule has 2 amide bonds. The number of carbonyl (C=O) groups is 3. The average Bonchev–Trinajstić information content (AvgIpc) is 3.25. The zero-order valence-electron chi connectivity index (χ0n) is 19.3. The fourth-order valence-corrected chi connectivity index (χ4v) is 4.77. The Morgan fingerprint density at radius 1 is 1.18 bits per heavy atom. The van der Waals surface area contributed by atoms with E-state index in [0.29, 0.717) is 5.75 Å². The third-order valence-corrected chi connectivity index (χ3v) is 6.69. The molecule has 1 aromatic heterocycles. The van der Waals surface area contributed by atoms with E-state index >= 15 is 0 Å². The van der Waals surface area contributed by atoms with Gasteiger partial charge in [-0.3, -0.25) is 9.59 Å². The molecule has 33 heavy (non-hydrogen) atoms. The van der Waals surface area contributed by atoms with Gasteiger partial charge in [0.2, 0.25) is 5.91 Å². The molecular formula is C24H30N4O5. The summed E-state index contributed by atoms with van der Waals surface area (Å²) in [4.78, 5) is 45.3. The molecule has 1 fully saturated rings. The fraction of sp³-hybridized carbons (Fsp3) is 0.500. The fourth-order valence-electron chi connectivity index (χ4n) is 4.77. The molecule has 2 aromatic rings. The van der Waals surface area contributed by atoms with Crippen molar-refractivity contribution in [2.75, 3.05) is 14.2 Å². The van der Waals surface area contributed by atoms with E-state index in [1.807, 2.05) is 24.3 Å².